The largest absolute Gasteiger partial charge is 0.493 e. The molecule has 0 fully saturated rings. The minimum absolute atomic E-state index is 0.0618. The first-order chi connectivity index (χ1) is 14.1. The van der Waals surface area contributed by atoms with Crippen molar-refractivity contribution < 1.29 is 19.1 Å². The lowest BCUT2D eigenvalue weighted by Crippen LogP contribution is -2.29. The van der Waals surface area contributed by atoms with Gasteiger partial charge < -0.3 is 19.7 Å². The summed E-state index contributed by atoms with van der Waals surface area (Å²) in [7, 11) is 3.15. The molecular formula is C21H23N3O4S. The molecule has 29 heavy (non-hydrogen) atoms. The Kier molecular flexibility index (Phi) is 5.53. The van der Waals surface area contributed by atoms with E-state index in [4.69, 9.17) is 9.47 Å². The first-order valence-electron chi connectivity index (χ1n) is 9.58. The van der Waals surface area contributed by atoms with Gasteiger partial charge in [0.1, 0.15) is 0 Å². The van der Waals surface area contributed by atoms with E-state index in [-0.39, 0.29) is 24.7 Å². The van der Waals surface area contributed by atoms with E-state index < -0.39 is 0 Å². The Morgan fingerprint density at radius 1 is 1.24 bits per heavy atom. The van der Waals surface area contributed by atoms with Gasteiger partial charge in [-0.1, -0.05) is 0 Å². The normalized spacial score (nSPS) is 15.0. The fourth-order valence-electron chi connectivity index (χ4n) is 3.61. The molecule has 0 atom stereocenters. The zero-order chi connectivity index (χ0) is 20.4. The molecule has 0 spiro atoms. The van der Waals surface area contributed by atoms with Crippen LogP contribution < -0.4 is 14.8 Å². The number of anilines is 1. The van der Waals surface area contributed by atoms with Crippen LogP contribution in [0, 0.1) is 0 Å². The van der Waals surface area contributed by atoms with E-state index >= 15 is 0 Å². The van der Waals surface area contributed by atoms with Crippen LogP contribution in [0.5, 0.6) is 11.5 Å². The predicted octanol–water partition coefficient (Wildman–Crippen LogP) is 3.03. The van der Waals surface area contributed by atoms with Crippen LogP contribution >= 0.6 is 11.3 Å². The van der Waals surface area contributed by atoms with Crippen molar-refractivity contribution in [3.8, 4) is 11.5 Å². The number of ether oxygens (including phenoxy) is 2. The minimum Gasteiger partial charge on any atom is -0.493 e. The lowest BCUT2D eigenvalue weighted by molar-refractivity contribution is -0.128. The number of benzene rings is 1. The van der Waals surface area contributed by atoms with Gasteiger partial charge in [0.2, 0.25) is 11.8 Å². The Morgan fingerprint density at radius 2 is 2.03 bits per heavy atom. The highest BCUT2D eigenvalue weighted by atomic mass is 32.1. The van der Waals surface area contributed by atoms with Crippen molar-refractivity contribution in [3.05, 3.63) is 40.0 Å². The molecule has 0 radical (unpaired) electrons. The molecule has 2 aliphatic rings. The number of carbonyl (C=O) groups excluding carboxylic acids is 2. The second-order valence-corrected chi connectivity index (χ2v) is 8.11. The average Bonchev–Trinajstić information content (AvgIpc) is 3.25. The topological polar surface area (TPSA) is 80.8 Å². The summed E-state index contributed by atoms with van der Waals surface area (Å²) < 4.78 is 10.7. The van der Waals surface area contributed by atoms with Gasteiger partial charge in [-0.15, -0.1) is 11.3 Å². The zero-order valence-electron chi connectivity index (χ0n) is 16.5. The van der Waals surface area contributed by atoms with E-state index in [1.165, 1.54) is 4.88 Å². The zero-order valence-corrected chi connectivity index (χ0v) is 17.3. The molecule has 1 aliphatic heterocycles. The molecule has 2 amide bonds. The number of amides is 2. The summed E-state index contributed by atoms with van der Waals surface area (Å²) >= 11 is 1.55. The lowest BCUT2D eigenvalue weighted by atomic mass is 10.0. The van der Waals surface area contributed by atoms with Crippen LogP contribution in [0.15, 0.2) is 18.3 Å². The number of hydrogen-bond acceptors (Lipinski definition) is 6. The Labute approximate surface area is 173 Å². The Bertz CT molecular complexity index is 961. The third-order valence-corrected chi connectivity index (χ3v) is 6.24. The van der Waals surface area contributed by atoms with E-state index in [1.54, 1.807) is 36.7 Å². The van der Waals surface area contributed by atoms with Crippen LogP contribution in [0.4, 0.5) is 5.13 Å². The van der Waals surface area contributed by atoms with E-state index in [1.807, 2.05) is 18.2 Å². The first kappa shape index (κ1) is 19.4. The number of nitrogens with zero attached hydrogens (tertiary/aromatic N) is 2. The number of methoxy groups -OCH3 is 2. The van der Waals surface area contributed by atoms with E-state index in [0.29, 0.717) is 23.2 Å². The second kappa shape index (κ2) is 8.24. The minimum atomic E-state index is -0.135. The molecule has 1 aliphatic carbocycles. The molecule has 2 heterocycles. The molecule has 152 valence electrons. The van der Waals surface area contributed by atoms with Crippen LogP contribution in [-0.4, -0.2) is 42.5 Å². The maximum atomic E-state index is 12.7. The molecule has 7 nitrogen and oxygen atoms in total. The molecule has 8 heteroatoms. The summed E-state index contributed by atoms with van der Waals surface area (Å²) in [6.07, 6.45) is 7.23. The molecule has 4 rings (SSSR count). The van der Waals surface area contributed by atoms with Crippen molar-refractivity contribution in [2.24, 2.45) is 0 Å². The van der Waals surface area contributed by atoms with E-state index in [0.717, 1.165) is 36.1 Å². The maximum Gasteiger partial charge on any atom is 0.230 e. The molecule has 0 saturated carbocycles. The van der Waals surface area contributed by atoms with Gasteiger partial charge in [-0.3, -0.25) is 9.59 Å². The van der Waals surface area contributed by atoms with Crippen LogP contribution in [-0.2, 0) is 28.9 Å². The molecule has 1 N–H and O–H groups in total. The van der Waals surface area contributed by atoms with Gasteiger partial charge in [0.25, 0.3) is 0 Å². The quantitative estimate of drug-likeness (QED) is 0.787. The van der Waals surface area contributed by atoms with Gasteiger partial charge in [-0.2, -0.15) is 0 Å². The number of aromatic nitrogens is 1. The molecule has 2 aromatic rings. The highest BCUT2D eigenvalue weighted by molar-refractivity contribution is 7.15. The summed E-state index contributed by atoms with van der Waals surface area (Å²) in [6.45, 7) is 0.314. The monoisotopic (exact) mass is 413 g/mol. The van der Waals surface area contributed by atoms with Crippen LogP contribution in [0.3, 0.4) is 0 Å². The molecule has 0 bridgehead atoms. The smallest absolute Gasteiger partial charge is 0.230 e. The summed E-state index contributed by atoms with van der Waals surface area (Å²) in [6, 6.07) is 3.68. The highest BCUT2D eigenvalue weighted by Gasteiger charge is 2.21. The first-order valence-corrected chi connectivity index (χ1v) is 10.4. The molecule has 1 aromatic carbocycles. The maximum absolute atomic E-state index is 12.7. The van der Waals surface area contributed by atoms with Gasteiger partial charge in [-0.05, 0) is 48.6 Å². The fourth-order valence-corrected chi connectivity index (χ4v) is 4.68. The van der Waals surface area contributed by atoms with Crippen LogP contribution in [0.2, 0.25) is 0 Å². The van der Waals surface area contributed by atoms with Crippen molar-refractivity contribution in [3.63, 3.8) is 0 Å². The summed E-state index contributed by atoms with van der Waals surface area (Å²) in [4.78, 5) is 32.3. The number of fused-ring (bicyclic) bond motifs is 2. The SMILES string of the molecule is COc1cc2c(cc1OC)CC(=O)N(CCC(=O)Nc1nc3c(s1)CCC3)C=C2. The summed E-state index contributed by atoms with van der Waals surface area (Å²) in [5.74, 6) is 1.01. The van der Waals surface area contributed by atoms with Gasteiger partial charge in [-0.25, -0.2) is 4.98 Å². The van der Waals surface area contributed by atoms with Gasteiger partial charge in [0, 0.05) is 24.0 Å². The number of nitrogens with one attached hydrogen (secondary N) is 1. The summed E-state index contributed by atoms with van der Waals surface area (Å²) in [5.41, 5.74) is 2.88. The van der Waals surface area contributed by atoms with Crippen molar-refractivity contribution in [1.29, 1.82) is 0 Å². The summed E-state index contributed by atoms with van der Waals surface area (Å²) in [5, 5.41) is 3.52. The number of rotatable bonds is 6. The van der Waals surface area contributed by atoms with Crippen molar-refractivity contribution in [2.75, 3.05) is 26.1 Å². The number of hydrogen-bond donors (Lipinski definition) is 1. The number of carbonyl (C=O) groups is 2. The van der Waals surface area contributed by atoms with E-state index in [9.17, 15) is 9.59 Å². The number of aryl methyl sites for hydroxylation is 2. The molecular weight excluding hydrogens is 390 g/mol. The average molecular weight is 413 g/mol. The van der Waals surface area contributed by atoms with Crippen LogP contribution in [0.25, 0.3) is 6.08 Å². The highest BCUT2D eigenvalue weighted by Crippen LogP contribution is 2.33. The Hall–Kier alpha value is -2.87. The lowest BCUT2D eigenvalue weighted by Gasteiger charge is -2.16. The molecule has 0 saturated heterocycles. The number of thiazole rings is 1. The van der Waals surface area contributed by atoms with Gasteiger partial charge in [0.15, 0.2) is 16.6 Å². The van der Waals surface area contributed by atoms with Crippen molar-refractivity contribution in [2.45, 2.75) is 32.1 Å². The molecule has 0 unspecified atom stereocenters. The Balaban J connectivity index is 1.39. The standard InChI is InChI=1S/C21H23N3O4S/c1-27-16-10-13-6-8-24(20(26)12-14(13)11-17(16)28-2)9-7-19(25)23-21-22-15-4-3-5-18(15)29-21/h6,8,10-11H,3-5,7,9,12H2,1-2H3,(H,22,23,25). The Morgan fingerprint density at radius 3 is 2.79 bits per heavy atom. The molecule has 1 aromatic heterocycles. The van der Waals surface area contributed by atoms with E-state index in [2.05, 4.69) is 10.3 Å². The third-order valence-electron chi connectivity index (χ3n) is 5.16. The third kappa shape index (κ3) is 4.12. The van der Waals surface area contributed by atoms with Gasteiger partial charge >= 0.3 is 0 Å². The second-order valence-electron chi connectivity index (χ2n) is 7.03. The fraction of sp³-hybridized carbons (Fsp3) is 0.381. The van der Waals surface area contributed by atoms with Crippen molar-refractivity contribution >= 4 is 34.4 Å². The van der Waals surface area contributed by atoms with Crippen molar-refractivity contribution in [1.82, 2.24) is 9.88 Å². The van der Waals surface area contributed by atoms with Crippen LogP contribution in [0.1, 0.15) is 34.5 Å². The van der Waals surface area contributed by atoms with Gasteiger partial charge in [0.05, 0.1) is 26.3 Å². The predicted molar refractivity (Wildman–Crippen MR) is 111 cm³/mol.